The van der Waals surface area contributed by atoms with Gasteiger partial charge in [-0.2, -0.15) is 5.10 Å². The fourth-order valence-corrected chi connectivity index (χ4v) is 1.82. The maximum absolute atomic E-state index is 12.5. The van der Waals surface area contributed by atoms with Crippen LogP contribution in [0.1, 0.15) is 23.0 Å². The SMILES string of the molecule is CCn1ncc(OC)c1C(=O)c1ccccc1N. The van der Waals surface area contributed by atoms with Crippen LogP contribution in [0.3, 0.4) is 0 Å². The van der Waals surface area contributed by atoms with Gasteiger partial charge >= 0.3 is 0 Å². The molecular formula is C13H15N3O2. The maximum Gasteiger partial charge on any atom is 0.216 e. The highest BCUT2D eigenvalue weighted by Crippen LogP contribution is 2.23. The zero-order valence-corrected chi connectivity index (χ0v) is 10.4. The third-order valence-electron chi connectivity index (χ3n) is 2.75. The Kier molecular flexibility index (Phi) is 3.32. The molecule has 0 bridgehead atoms. The van der Waals surface area contributed by atoms with Gasteiger partial charge in [-0.1, -0.05) is 12.1 Å². The molecule has 0 fully saturated rings. The molecule has 1 aromatic heterocycles. The van der Waals surface area contributed by atoms with Gasteiger partial charge in [0.15, 0.2) is 11.4 Å². The summed E-state index contributed by atoms with van der Waals surface area (Å²) in [5.41, 5.74) is 7.16. The number of benzene rings is 1. The number of nitrogens with two attached hydrogens (primary N) is 1. The zero-order valence-electron chi connectivity index (χ0n) is 10.4. The molecule has 0 spiro atoms. The fourth-order valence-electron chi connectivity index (χ4n) is 1.82. The molecular weight excluding hydrogens is 230 g/mol. The second-order valence-corrected chi connectivity index (χ2v) is 3.79. The van der Waals surface area contributed by atoms with Crippen molar-refractivity contribution in [1.29, 1.82) is 0 Å². The number of rotatable bonds is 4. The first-order valence-electron chi connectivity index (χ1n) is 5.68. The van der Waals surface area contributed by atoms with Gasteiger partial charge in [0.1, 0.15) is 0 Å². The lowest BCUT2D eigenvalue weighted by Crippen LogP contribution is -2.13. The predicted octanol–water partition coefficient (Wildman–Crippen LogP) is 1.72. The first kappa shape index (κ1) is 12.2. The van der Waals surface area contributed by atoms with E-state index in [4.69, 9.17) is 10.5 Å². The normalized spacial score (nSPS) is 10.3. The number of para-hydroxylation sites is 1. The van der Waals surface area contributed by atoms with Crippen LogP contribution in [-0.2, 0) is 6.54 Å². The van der Waals surface area contributed by atoms with Crippen LogP contribution < -0.4 is 10.5 Å². The molecule has 0 aliphatic heterocycles. The number of hydrogen-bond donors (Lipinski definition) is 1. The third kappa shape index (κ3) is 1.95. The highest BCUT2D eigenvalue weighted by Gasteiger charge is 2.21. The van der Waals surface area contributed by atoms with Crippen molar-refractivity contribution in [3.8, 4) is 5.75 Å². The van der Waals surface area contributed by atoms with Crippen LogP contribution in [0.5, 0.6) is 5.75 Å². The minimum absolute atomic E-state index is 0.177. The Morgan fingerprint density at radius 3 is 2.78 bits per heavy atom. The first-order valence-corrected chi connectivity index (χ1v) is 5.68. The summed E-state index contributed by atoms with van der Waals surface area (Å²) in [6.07, 6.45) is 1.54. The summed E-state index contributed by atoms with van der Waals surface area (Å²) in [5, 5.41) is 4.11. The Hall–Kier alpha value is -2.30. The predicted molar refractivity (Wildman–Crippen MR) is 68.7 cm³/mol. The van der Waals surface area contributed by atoms with Crippen LogP contribution in [0.4, 0.5) is 5.69 Å². The molecule has 0 aliphatic carbocycles. The Morgan fingerprint density at radius 2 is 2.17 bits per heavy atom. The number of nitrogens with zero attached hydrogens (tertiary/aromatic N) is 2. The van der Waals surface area contributed by atoms with Gasteiger partial charge in [-0.25, -0.2) is 0 Å². The molecule has 0 saturated heterocycles. The number of ketones is 1. The average molecular weight is 245 g/mol. The number of nitrogen functional groups attached to an aromatic ring is 1. The second kappa shape index (κ2) is 4.91. The number of ether oxygens (including phenoxy) is 1. The Bertz CT molecular complexity index is 554. The fraction of sp³-hybridized carbons (Fsp3) is 0.231. The van der Waals surface area contributed by atoms with Gasteiger partial charge in [-0.3, -0.25) is 9.48 Å². The van der Waals surface area contributed by atoms with E-state index in [1.165, 1.54) is 13.3 Å². The van der Waals surface area contributed by atoms with Crippen molar-refractivity contribution in [2.24, 2.45) is 0 Å². The number of hydrogen-bond acceptors (Lipinski definition) is 4. The molecule has 2 N–H and O–H groups in total. The van der Waals surface area contributed by atoms with Gasteiger partial charge < -0.3 is 10.5 Å². The molecule has 2 rings (SSSR count). The summed E-state index contributed by atoms with van der Waals surface area (Å²) < 4.78 is 6.77. The van der Waals surface area contributed by atoms with E-state index in [1.54, 1.807) is 28.9 Å². The van der Waals surface area contributed by atoms with Crippen LogP contribution in [-0.4, -0.2) is 22.7 Å². The second-order valence-electron chi connectivity index (χ2n) is 3.79. The minimum atomic E-state index is -0.177. The standard InChI is InChI=1S/C13H15N3O2/c1-3-16-12(11(18-2)8-15-16)13(17)9-6-4-5-7-10(9)14/h4-8H,3,14H2,1-2H3. The average Bonchev–Trinajstić information content (AvgIpc) is 2.81. The molecule has 0 saturated carbocycles. The molecule has 0 atom stereocenters. The quantitative estimate of drug-likeness (QED) is 0.657. The summed E-state index contributed by atoms with van der Waals surface area (Å²) in [5.74, 6) is 0.286. The number of aryl methyl sites for hydroxylation is 1. The zero-order chi connectivity index (χ0) is 13.1. The van der Waals surface area contributed by atoms with E-state index in [9.17, 15) is 4.79 Å². The molecule has 18 heavy (non-hydrogen) atoms. The van der Waals surface area contributed by atoms with Gasteiger partial charge in [-0.05, 0) is 19.1 Å². The smallest absolute Gasteiger partial charge is 0.216 e. The lowest BCUT2D eigenvalue weighted by Gasteiger charge is -2.08. The van der Waals surface area contributed by atoms with Crippen LogP contribution in [0, 0.1) is 0 Å². The highest BCUT2D eigenvalue weighted by molar-refractivity contribution is 6.12. The van der Waals surface area contributed by atoms with E-state index in [2.05, 4.69) is 5.10 Å². The number of aromatic nitrogens is 2. The molecule has 2 aromatic rings. The molecule has 1 heterocycles. The third-order valence-corrected chi connectivity index (χ3v) is 2.75. The summed E-state index contributed by atoms with van der Waals surface area (Å²) in [6, 6.07) is 6.97. The van der Waals surface area contributed by atoms with Crippen LogP contribution in [0.25, 0.3) is 0 Å². The summed E-state index contributed by atoms with van der Waals surface area (Å²) in [7, 11) is 1.52. The lowest BCUT2D eigenvalue weighted by molar-refractivity contribution is 0.102. The van der Waals surface area contributed by atoms with Crippen molar-refractivity contribution < 1.29 is 9.53 Å². The van der Waals surface area contributed by atoms with E-state index >= 15 is 0 Å². The van der Waals surface area contributed by atoms with Gasteiger partial charge in [0, 0.05) is 17.8 Å². The Morgan fingerprint density at radius 1 is 1.44 bits per heavy atom. The number of anilines is 1. The maximum atomic E-state index is 12.5. The number of carbonyl (C=O) groups is 1. The molecule has 0 aliphatic rings. The van der Waals surface area contributed by atoms with Crippen molar-refractivity contribution in [3.05, 3.63) is 41.7 Å². The monoisotopic (exact) mass is 245 g/mol. The molecule has 1 aromatic carbocycles. The van der Waals surface area contributed by atoms with Crippen LogP contribution >= 0.6 is 0 Å². The van der Waals surface area contributed by atoms with Crippen LogP contribution in [0.2, 0.25) is 0 Å². The first-order chi connectivity index (χ1) is 8.69. The lowest BCUT2D eigenvalue weighted by atomic mass is 10.1. The largest absolute Gasteiger partial charge is 0.493 e. The summed E-state index contributed by atoms with van der Waals surface area (Å²) >= 11 is 0. The van der Waals surface area contributed by atoms with Gasteiger partial charge in [-0.15, -0.1) is 0 Å². The Labute approximate surface area is 105 Å². The van der Waals surface area contributed by atoms with Gasteiger partial charge in [0.25, 0.3) is 0 Å². The van der Waals surface area contributed by atoms with E-state index in [-0.39, 0.29) is 5.78 Å². The van der Waals surface area contributed by atoms with Crippen molar-refractivity contribution in [2.75, 3.05) is 12.8 Å². The molecule has 5 nitrogen and oxygen atoms in total. The molecule has 0 unspecified atom stereocenters. The van der Waals surface area contributed by atoms with Crippen molar-refractivity contribution in [1.82, 2.24) is 9.78 Å². The molecule has 0 radical (unpaired) electrons. The van der Waals surface area contributed by atoms with E-state index in [0.717, 1.165) is 0 Å². The topological polar surface area (TPSA) is 70.1 Å². The molecule has 0 amide bonds. The van der Waals surface area contributed by atoms with E-state index < -0.39 is 0 Å². The minimum Gasteiger partial charge on any atom is -0.493 e. The number of carbonyl (C=O) groups excluding carboxylic acids is 1. The molecule has 94 valence electrons. The van der Waals surface area contributed by atoms with Crippen molar-refractivity contribution in [3.63, 3.8) is 0 Å². The summed E-state index contributed by atoms with van der Waals surface area (Å²) in [4.78, 5) is 12.5. The van der Waals surface area contributed by atoms with Gasteiger partial charge in [0.2, 0.25) is 5.78 Å². The van der Waals surface area contributed by atoms with Crippen LogP contribution in [0.15, 0.2) is 30.5 Å². The highest BCUT2D eigenvalue weighted by atomic mass is 16.5. The van der Waals surface area contributed by atoms with E-state index in [1.807, 2.05) is 6.92 Å². The number of methoxy groups -OCH3 is 1. The Balaban J connectivity index is 2.52. The van der Waals surface area contributed by atoms with Crippen molar-refractivity contribution in [2.45, 2.75) is 13.5 Å². The van der Waals surface area contributed by atoms with Gasteiger partial charge in [0.05, 0.1) is 13.3 Å². The van der Waals surface area contributed by atoms with Crippen molar-refractivity contribution >= 4 is 11.5 Å². The van der Waals surface area contributed by atoms with E-state index in [0.29, 0.717) is 29.2 Å². The summed E-state index contributed by atoms with van der Waals surface area (Å²) in [6.45, 7) is 2.51. The molecule has 5 heteroatoms.